The van der Waals surface area contributed by atoms with E-state index in [9.17, 15) is 0 Å². The van der Waals surface area contributed by atoms with Crippen molar-refractivity contribution in [3.8, 4) is 11.3 Å². The molecule has 4 rings (SSSR count). The number of anilines is 2. The summed E-state index contributed by atoms with van der Waals surface area (Å²) in [4.78, 5) is 12.6. The second-order valence-electron chi connectivity index (χ2n) is 5.83. The predicted octanol–water partition coefficient (Wildman–Crippen LogP) is 3.70. The van der Waals surface area contributed by atoms with Crippen LogP contribution in [0.4, 0.5) is 11.6 Å². The molecule has 3 aromatic heterocycles. The Morgan fingerprint density at radius 3 is 2.77 bits per heavy atom. The molecule has 3 heterocycles. The zero-order valence-corrected chi connectivity index (χ0v) is 15.6. The van der Waals surface area contributed by atoms with E-state index in [2.05, 4.69) is 36.2 Å². The quantitative estimate of drug-likeness (QED) is 0.533. The van der Waals surface area contributed by atoms with Gasteiger partial charge in [0.05, 0.1) is 11.7 Å². The fraction of sp³-hybridized carbons (Fsp3) is 0.111. The van der Waals surface area contributed by atoms with E-state index >= 15 is 0 Å². The first-order chi connectivity index (χ1) is 12.6. The maximum Gasteiger partial charge on any atom is 0.153 e. The van der Waals surface area contributed by atoms with Gasteiger partial charge in [-0.05, 0) is 28.9 Å². The van der Waals surface area contributed by atoms with E-state index in [0.717, 1.165) is 22.5 Å². The van der Waals surface area contributed by atoms with Gasteiger partial charge in [0.15, 0.2) is 5.65 Å². The van der Waals surface area contributed by atoms with Crippen molar-refractivity contribution in [2.24, 2.45) is 0 Å². The molecule has 7 nitrogen and oxygen atoms in total. The molecule has 8 heteroatoms. The average Bonchev–Trinajstić information content (AvgIpc) is 3.12. The molecule has 0 saturated heterocycles. The van der Waals surface area contributed by atoms with Crippen LogP contribution < -0.4 is 11.1 Å². The van der Waals surface area contributed by atoms with Crippen LogP contribution >= 0.6 is 15.9 Å². The van der Waals surface area contributed by atoms with Gasteiger partial charge in [0.1, 0.15) is 22.4 Å². The summed E-state index contributed by atoms with van der Waals surface area (Å²) in [6.07, 6.45) is 5.01. The highest BCUT2D eigenvalue weighted by Crippen LogP contribution is 2.31. The van der Waals surface area contributed by atoms with Gasteiger partial charge in [-0.25, -0.2) is 19.5 Å². The second-order valence-corrected chi connectivity index (χ2v) is 6.62. The van der Waals surface area contributed by atoms with Crippen LogP contribution in [-0.2, 0) is 0 Å². The molecule has 26 heavy (non-hydrogen) atoms. The zero-order valence-electron chi connectivity index (χ0n) is 14.0. The molecule has 4 aromatic rings. The van der Waals surface area contributed by atoms with Crippen LogP contribution in [0.25, 0.3) is 16.9 Å². The van der Waals surface area contributed by atoms with Gasteiger partial charge in [0.2, 0.25) is 0 Å². The summed E-state index contributed by atoms with van der Waals surface area (Å²) in [6.45, 7) is 2.05. The molecule has 0 radical (unpaired) electrons. The summed E-state index contributed by atoms with van der Waals surface area (Å²) >= 11 is 3.43. The zero-order chi connectivity index (χ0) is 18.1. The second kappa shape index (κ2) is 6.72. The van der Waals surface area contributed by atoms with Gasteiger partial charge in [0, 0.05) is 23.5 Å². The number of hydrogen-bond acceptors (Lipinski definition) is 6. The Kier molecular flexibility index (Phi) is 4.26. The van der Waals surface area contributed by atoms with E-state index < -0.39 is 0 Å². The van der Waals surface area contributed by atoms with E-state index in [1.807, 2.05) is 49.5 Å². The van der Waals surface area contributed by atoms with Crippen molar-refractivity contribution in [2.45, 2.75) is 13.0 Å². The van der Waals surface area contributed by atoms with Crippen LogP contribution in [0.3, 0.4) is 0 Å². The summed E-state index contributed by atoms with van der Waals surface area (Å²) in [6, 6.07) is 12.0. The number of benzene rings is 1. The molecule has 0 fully saturated rings. The van der Waals surface area contributed by atoms with Crippen molar-refractivity contribution in [2.75, 3.05) is 11.1 Å². The highest BCUT2D eigenvalue weighted by molar-refractivity contribution is 9.10. The third kappa shape index (κ3) is 2.99. The molecule has 0 bridgehead atoms. The normalized spacial score (nSPS) is 12.2. The Balaban J connectivity index is 1.80. The number of nitrogens with zero attached hydrogens (tertiary/aromatic N) is 5. The highest BCUT2D eigenvalue weighted by Gasteiger charge is 2.18. The number of nitrogen functional groups attached to an aromatic ring is 1. The lowest BCUT2D eigenvalue weighted by Gasteiger charge is -2.19. The standard InChI is InChI=1S/C18H16BrN7/c1-11(24-18-15(19)17(20)22-10-23-18)13-9-14-21-7-8-26(14)25-16(13)12-5-3-2-4-6-12/h2-11H,1H3,(H3,20,22,23,24)/t11-/m0/s1. The number of nitrogens with two attached hydrogens (primary N) is 1. The molecule has 0 aliphatic heterocycles. The largest absolute Gasteiger partial charge is 0.383 e. The average molecular weight is 410 g/mol. The highest BCUT2D eigenvalue weighted by atomic mass is 79.9. The number of imidazole rings is 1. The molecule has 0 unspecified atom stereocenters. The van der Waals surface area contributed by atoms with Gasteiger partial charge in [-0.3, -0.25) is 0 Å². The van der Waals surface area contributed by atoms with Crippen molar-refractivity contribution in [3.63, 3.8) is 0 Å². The van der Waals surface area contributed by atoms with Crippen LogP contribution in [0.15, 0.2) is 59.6 Å². The maximum absolute atomic E-state index is 5.85. The van der Waals surface area contributed by atoms with Gasteiger partial charge >= 0.3 is 0 Å². The first kappa shape index (κ1) is 16.5. The third-order valence-corrected chi connectivity index (χ3v) is 4.88. The van der Waals surface area contributed by atoms with Crippen molar-refractivity contribution in [1.29, 1.82) is 0 Å². The Morgan fingerprint density at radius 2 is 1.96 bits per heavy atom. The number of nitrogens with one attached hydrogen (secondary N) is 1. The van der Waals surface area contributed by atoms with Gasteiger partial charge in [-0.1, -0.05) is 30.3 Å². The fourth-order valence-electron chi connectivity index (χ4n) is 2.79. The van der Waals surface area contributed by atoms with Crippen molar-refractivity contribution in [3.05, 3.63) is 65.2 Å². The summed E-state index contributed by atoms with van der Waals surface area (Å²) < 4.78 is 2.42. The first-order valence-electron chi connectivity index (χ1n) is 8.05. The summed E-state index contributed by atoms with van der Waals surface area (Å²) in [5.74, 6) is 1.02. The maximum atomic E-state index is 5.85. The third-order valence-electron chi connectivity index (χ3n) is 4.10. The topological polar surface area (TPSA) is 94.0 Å². The number of hydrogen-bond donors (Lipinski definition) is 2. The van der Waals surface area contributed by atoms with Crippen molar-refractivity contribution < 1.29 is 0 Å². The van der Waals surface area contributed by atoms with Gasteiger partial charge in [0.25, 0.3) is 0 Å². The van der Waals surface area contributed by atoms with Crippen LogP contribution in [0.5, 0.6) is 0 Å². The predicted molar refractivity (Wildman–Crippen MR) is 105 cm³/mol. The number of rotatable bonds is 4. The van der Waals surface area contributed by atoms with Gasteiger partial charge < -0.3 is 11.1 Å². The van der Waals surface area contributed by atoms with Crippen LogP contribution in [0.1, 0.15) is 18.5 Å². The lowest BCUT2D eigenvalue weighted by atomic mass is 10.0. The summed E-state index contributed by atoms with van der Waals surface area (Å²) in [7, 11) is 0. The number of aromatic nitrogens is 5. The van der Waals surface area contributed by atoms with E-state index in [0.29, 0.717) is 16.1 Å². The Hall–Kier alpha value is -3.00. The van der Waals surface area contributed by atoms with Crippen molar-refractivity contribution in [1.82, 2.24) is 24.6 Å². The minimum atomic E-state index is -0.0787. The Bertz CT molecular complexity index is 1060. The number of halogens is 1. The SMILES string of the molecule is C[C@H](Nc1ncnc(N)c1Br)c1cc2nccn2nc1-c1ccccc1. The molecular formula is C18H16BrN7. The Morgan fingerprint density at radius 1 is 1.15 bits per heavy atom. The molecule has 1 aromatic carbocycles. The molecular weight excluding hydrogens is 394 g/mol. The lowest BCUT2D eigenvalue weighted by Crippen LogP contribution is -2.12. The minimum absolute atomic E-state index is 0.0787. The molecule has 0 saturated carbocycles. The van der Waals surface area contributed by atoms with Gasteiger partial charge in [-0.2, -0.15) is 5.10 Å². The molecule has 0 amide bonds. The summed E-state index contributed by atoms with van der Waals surface area (Å²) in [5.41, 5.74) is 9.57. The molecule has 130 valence electrons. The molecule has 1 atom stereocenters. The minimum Gasteiger partial charge on any atom is -0.383 e. The van der Waals surface area contributed by atoms with Crippen LogP contribution in [0.2, 0.25) is 0 Å². The summed E-state index contributed by atoms with van der Waals surface area (Å²) in [5, 5.41) is 8.13. The van der Waals surface area contributed by atoms with Crippen LogP contribution in [0, 0.1) is 0 Å². The van der Waals surface area contributed by atoms with E-state index in [-0.39, 0.29) is 6.04 Å². The monoisotopic (exact) mass is 409 g/mol. The molecule has 0 aliphatic rings. The smallest absolute Gasteiger partial charge is 0.153 e. The van der Waals surface area contributed by atoms with Gasteiger partial charge in [-0.15, -0.1) is 0 Å². The Labute approximate surface area is 158 Å². The van der Waals surface area contributed by atoms with E-state index in [1.54, 1.807) is 10.7 Å². The van der Waals surface area contributed by atoms with Crippen molar-refractivity contribution >= 4 is 33.2 Å². The molecule has 0 spiro atoms. The van der Waals surface area contributed by atoms with E-state index in [4.69, 9.17) is 10.8 Å². The van der Waals surface area contributed by atoms with E-state index in [1.165, 1.54) is 6.33 Å². The lowest BCUT2D eigenvalue weighted by molar-refractivity contribution is 0.839. The molecule has 0 aliphatic carbocycles. The fourth-order valence-corrected chi connectivity index (χ4v) is 3.11. The van der Waals surface area contributed by atoms with Crippen LogP contribution in [-0.4, -0.2) is 24.6 Å². The first-order valence-corrected chi connectivity index (χ1v) is 8.85. The number of fused-ring (bicyclic) bond motifs is 1. The molecule has 3 N–H and O–H groups in total.